The predicted molar refractivity (Wildman–Crippen MR) is 81.0 cm³/mol. The lowest BCUT2D eigenvalue weighted by Crippen LogP contribution is -2.19. The van der Waals surface area contributed by atoms with Crippen molar-refractivity contribution in [1.82, 2.24) is 19.7 Å². The van der Waals surface area contributed by atoms with E-state index < -0.39 is 0 Å². The van der Waals surface area contributed by atoms with Crippen molar-refractivity contribution in [2.24, 2.45) is 0 Å². The molecule has 0 bridgehead atoms. The minimum absolute atomic E-state index is 0.727. The number of hydrogen-bond donors (Lipinski definition) is 1. The Kier molecular flexibility index (Phi) is 3.85. The molecule has 0 saturated heterocycles. The topological polar surface area (TPSA) is 34.8 Å². The molecule has 2 aromatic rings. The zero-order valence-electron chi connectivity index (χ0n) is 12.1. The Bertz CT molecular complexity index is 595. The number of aryl methyl sites for hydroxylation is 2. The number of nitrogens with one attached hydrogen (secondary N) is 1. The second-order valence-electron chi connectivity index (χ2n) is 5.44. The Balaban J connectivity index is 1.78. The van der Waals surface area contributed by atoms with Crippen LogP contribution in [0.5, 0.6) is 0 Å². The van der Waals surface area contributed by atoms with E-state index in [0.29, 0.717) is 0 Å². The average molecular weight is 293 g/mol. The summed E-state index contributed by atoms with van der Waals surface area (Å²) in [5, 5.41) is 8.83. The zero-order valence-corrected chi connectivity index (χ0v) is 12.8. The first-order chi connectivity index (χ1) is 9.69. The molecule has 4 nitrogen and oxygen atoms in total. The van der Waals surface area contributed by atoms with Gasteiger partial charge in [0.15, 0.2) is 0 Å². The van der Waals surface area contributed by atoms with Crippen LogP contribution in [-0.4, -0.2) is 20.4 Å². The first-order valence-electron chi connectivity index (χ1n) is 7.28. The number of aromatic nitrogens is 3. The maximum absolute atomic E-state index is 6.39. The zero-order chi connectivity index (χ0) is 14.1. The molecule has 3 rings (SSSR count). The Hall–Kier alpha value is -1.26. The van der Waals surface area contributed by atoms with Crippen molar-refractivity contribution in [2.45, 2.75) is 52.4 Å². The summed E-state index contributed by atoms with van der Waals surface area (Å²) in [7, 11) is 0. The molecule has 108 valence electrons. The van der Waals surface area contributed by atoms with Gasteiger partial charge in [0.25, 0.3) is 0 Å². The molecule has 20 heavy (non-hydrogen) atoms. The van der Waals surface area contributed by atoms with E-state index in [4.69, 9.17) is 11.6 Å². The first-order valence-corrected chi connectivity index (χ1v) is 7.66. The second-order valence-corrected chi connectivity index (χ2v) is 5.82. The van der Waals surface area contributed by atoms with Crippen LogP contribution in [0, 0.1) is 6.92 Å². The van der Waals surface area contributed by atoms with E-state index in [1.807, 2.05) is 11.6 Å². The summed E-state index contributed by atoms with van der Waals surface area (Å²) in [6, 6.07) is 4.99. The van der Waals surface area contributed by atoms with Crippen LogP contribution in [0.4, 0.5) is 0 Å². The van der Waals surface area contributed by atoms with Gasteiger partial charge in [0, 0.05) is 31.0 Å². The van der Waals surface area contributed by atoms with Gasteiger partial charge in [0.1, 0.15) is 0 Å². The Morgan fingerprint density at radius 1 is 1.45 bits per heavy atom. The fraction of sp³-hybridized carbons (Fsp3) is 0.533. The smallest absolute Gasteiger partial charge is 0.0865 e. The quantitative estimate of drug-likeness (QED) is 0.888. The van der Waals surface area contributed by atoms with Crippen LogP contribution >= 0.6 is 11.6 Å². The SMILES string of the molecule is CCn1nc(C)c(Cl)c1Cn1cccc1CNC1CC1. The minimum atomic E-state index is 0.727. The molecule has 0 aromatic carbocycles. The molecule has 0 unspecified atom stereocenters. The van der Waals surface area contributed by atoms with E-state index in [1.165, 1.54) is 18.5 Å². The number of hydrogen-bond acceptors (Lipinski definition) is 2. The van der Waals surface area contributed by atoms with E-state index >= 15 is 0 Å². The fourth-order valence-electron chi connectivity index (χ4n) is 2.48. The van der Waals surface area contributed by atoms with Gasteiger partial charge in [-0.3, -0.25) is 4.68 Å². The molecule has 0 amide bonds. The highest BCUT2D eigenvalue weighted by atomic mass is 35.5. The van der Waals surface area contributed by atoms with E-state index in [2.05, 4.69) is 40.2 Å². The lowest BCUT2D eigenvalue weighted by molar-refractivity contribution is 0.579. The standard InChI is InChI=1S/C15H21ClN4/c1-3-20-14(15(16)11(2)18-20)10-19-8-4-5-13(19)9-17-12-6-7-12/h4-5,8,12,17H,3,6-7,9-10H2,1-2H3. The van der Waals surface area contributed by atoms with Gasteiger partial charge in [0.05, 0.1) is 23.0 Å². The van der Waals surface area contributed by atoms with Crippen molar-refractivity contribution in [2.75, 3.05) is 0 Å². The van der Waals surface area contributed by atoms with Crippen LogP contribution < -0.4 is 5.32 Å². The van der Waals surface area contributed by atoms with Crippen LogP contribution in [-0.2, 0) is 19.6 Å². The van der Waals surface area contributed by atoms with Crippen molar-refractivity contribution < 1.29 is 0 Å². The highest BCUT2D eigenvalue weighted by Crippen LogP contribution is 2.23. The molecular formula is C15H21ClN4. The van der Waals surface area contributed by atoms with Gasteiger partial charge in [-0.2, -0.15) is 5.10 Å². The Morgan fingerprint density at radius 3 is 2.95 bits per heavy atom. The van der Waals surface area contributed by atoms with Crippen LogP contribution in [0.25, 0.3) is 0 Å². The van der Waals surface area contributed by atoms with Crippen LogP contribution in [0.3, 0.4) is 0 Å². The van der Waals surface area contributed by atoms with Gasteiger partial charge < -0.3 is 9.88 Å². The van der Waals surface area contributed by atoms with Crippen molar-refractivity contribution in [3.8, 4) is 0 Å². The molecule has 0 atom stereocenters. The van der Waals surface area contributed by atoms with Gasteiger partial charge in [-0.25, -0.2) is 0 Å². The lowest BCUT2D eigenvalue weighted by atomic mass is 10.3. The molecule has 2 heterocycles. The van der Waals surface area contributed by atoms with Gasteiger partial charge in [0.2, 0.25) is 0 Å². The molecule has 1 aliphatic carbocycles. The summed E-state index contributed by atoms with van der Waals surface area (Å²) in [5.74, 6) is 0. The summed E-state index contributed by atoms with van der Waals surface area (Å²) >= 11 is 6.39. The molecule has 0 radical (unpaired) electrons. The summed E-state index contributed by atoms with van der Waals surface area (Å²) in [6.07, 6.45) is 4.74. The third-order valence-electron chi connectivity index (χ3n) is 3.85. The fourth-order valence-corrected chi connectivity index (χ4v) is 2.68. The molecule has 5 heteroatoms. The maximum Gasteiger partial charge on any atom is 0.0865 e. The predicted octanol–water partition coefficient (Wildman–Crippen LogP) is 2.97. The highest BCUT2D eigenvalue weighted by Gasteiger charge is 2.20. The van der Waals surface area contributed by atoms with E-state index in [0.717, 1.165) is 42.1 Å². The molecule has 1 aliphatic rings. The summed E-state index contributed by atoms with van der Waals surface area (Å²) in [4.78, 5) is 0. The van der Waals surface area contributed by atoms with Gasteiger partial charge in [-0.05, 0) is 38.8 Å². The van der Waals surface area contributed by atoms with E-state index in [9.17, 15) is 0 Å². The molecule has 1 fully saturated rings. The summed E-state index contributed by atoms with van der Waals surface area (Å²) in [6.45, 7) is 6.61. The molecule has 0 spiro atoms. The largest absolute Gasteiger partial charge is 0.344 e. The number of nitrogens with zero attached hydrogens (tertiary/aromatic N) is 3. The minimum Gasteiger partial charge on any atom is -0.344 e. The summed E-state index contributed by atoms with van der Waals surface area (Å²) in [5.41, 5.74) is 3.30. The van der Waals surface area contributed by atoms with Gasteiger partial charge in [-0.15, -0.1) is 0 Å². The number of rotatable bonds is 6. The van der Waals surface area contributed by atoms with Crippen LogP contribution in [0.15, 0.2) is 18.3 Å². The normalized spacial score (nSPS) is 14.9. The van der Waals surface area contributed by atoms with E-state index in [-0.39, 0.29) is 0 Å². The van der Waals surface area contributed by atoms with E-state index in [1.54, 1.807) is 0 Å². The van der Waals surface area contributed by atoms with Gasteiger partial charge >= 0.3 is 0 Å². The third kappa shape index (κ3) is 2.76. The molecule has 0 aliphatic heterocycles. The Morgan fingerprint density at radius 2 is 2.25 bits per heavy atom. The van der Waals surface area contributed by atoms with Crippen molar-refractivity contribution >= 4 is 11.6 Å². The van der Waals surface area contributed by atoms with Gasteiger partial charge in [-0.1, -0.05) is 11.6 Å². The van der Waals surface area contributed by atoms with Crippen LogP contribution in [0.1, 0.15) is 36.8 Å². The maximum atomic E-state index is 6.39. The Labute approximate surface area is 124 Å². The number of halogens is 1. The third-order valence-corrected chi connectivity index (χ3v) is 4.34. The second kappa shape index (κ2) is 5.62. The van der Waals surface area contributed by atoms with Crippen molar-refractivity contribution in [3.05, 3.63) is 40.4 Å². The molecule has 1 saturated carbocycles. The highest BCUT2D eigenvalue weighted by molar-refractivity contribution is 6.31. The molecule has 2 aromatic heterocycles. The average Bonchev–Trinajstić information content (AvgIpc) is 3.11. The van der Waals surface area contributed by atoms with Crippen molar-refractivity contribution in [3.63, 3.8) is 0 Å². The van der Waals surface area contributed by atoms with Crippen molar-refractivity contribution in [1.29, 1.82) is 0 Å². The first kappa shape index (κ1) is 13.7. The molecule has 1 N–H and O–H groups in total. The monoisotopic (exact) mass is 292 g/mol. The summed E-state index contributed by atoms with van der Waals surface area (Å²) < 4.78 is 4.25. The molecular weight excluding hydrogens is 272 g/mol. The lowest BCUT2D eigenvalue weighted by Gasteiger charge is -2.11. The van der Waals surface area contributed by atoms with Crippen LogP contribution in [0.2, 0.25) is 5.02 Å².